The van der Waals surface area contributed by atoms with Crippen molar-refractivity contribution in [2.24, 2.45) is 0 Å². The lowest BCUT2D eigenvalue weighted by atomic mass is 10.2. The van der Waals surface area contributed by atoms with Gasteiger partial charge in [0.2, 0.25) is 0 Å². The Morgan fingerprint density at radius 1 is 0.667 bits per heavy atom. The molecular formula is C21H20IOP. The van der Waals surface area contributed by atoms with Gasteiger partial charge < -0.3 is 24.0 Å². The lowest BCUT2D eigenvalue weighted by Crippen LogP contribution is -3.00. The number of carbonyl (C=O) groups excluding carboxylic acids is 1. The summed E-state index contributed by atoms with van der Waals surface area (Å²) in [4.78, 5) is 11.6. The number of carbonyl (C=O) groups is 1. The summed E-state index contributed by atoms with van der Waals surface area (Å²) < 4.78 is 0. The molecule has 0 aliphatic heterocycles. The van der Waals surface area contributed by atoms with Crippen molar-refractivity contribution in [2.45, 2.75) is 6.92 Å². The Labute approximate surface area is 161 Å². The zero-order chi connectivity index (χ0) is 16.3. The van der Waals surface area contributed by atoms with Gasteiger partial charge in [-0.3, -0.25) is 4.79 Å². The van der Waals surface area contributed by atoms with Crippen LogP contribution >= 0.6 is 7.26 Å². The maximum atomic E-state index is 11.6. The first kappa shape index (κ1) is 18.8. The number of Topliss-reactive ketones (excluding diaryl/α,β-unsaturated/α-hetero) is 1. The lowest BCUT2D eigenvalue weighted by Gasteiger charge is -2.23. The van der Waals surface area contributed by atoms with Crippen molar-refractivity contribution >= 4 is 29.0 Å². The van der Waals surface area contributed by atoms with Crippen molar-refractivity contribution in [2.75, 3.05) is 6.66 Å². The van der Waals surface area contributed by atoms with E-state index in [1.165, 1.54) is 15.9 Å². The van der Waals surface area contributed by atoms with Crippen molar-refractivity contribution in [3.05, 3.63) is 90.5 Å². The topological polar surface area (TPSA) is 17.1 Å². The van der Waals surface area contributed by atoms with E-state index in [0.29, 0.717) is 0 Å². The van der Waals surface area contributed by atoms with Gasteiger partial charge in [-0.15, -0.1) is 0 Å². The van der Waals surface area contributed by atoms with Crippen LogP contribution in [-0.2, 0) is 0 Å². The van der Waals surface area contributed by atoms with E-state index in [1.807, 2.05) is 12.1 Å². The van der Waals surface area contributed by atoms with Gasteiger partial charge in [-0.05, 0) is 55.5 Å². The lowest BCUT2D eigenvalue weighted by molar-refractivity contribution is -0.0000125. The highest BCUT2D eigenvalue weighted by atomic mass is 127. The van der Waals surface area contributed by atoms with E-state index in [2.05, 4.69) is 79.5 Å². The Balaban J connectivity index is 0.00000208. The second-order valence-corrected chi connectivity index (χ2v) is 9.34. The van der Waals surface area contributed by atoms with E-state index >= 15 is 0 Å². The average molecular weight is 446 g/mol. The Kier molecular flexibility index (Phi) is 6.31. The molecule has 0 N–H and O–H groups in total. The second kappa shape index (κ2) is 8.04. The molecule has 0 heterocycles. The van der Waals surface area contributed by atoms with Crippen LogP contribution in [0.25, 0.3) is 0 Å². The Hall–Kier alpha value is -1.51. The van der Waals surface area contributed by atoms with Crippen LogP contribution in [0.1, 0.15) is 17.3 Å². The van der Waals surface area contributed by atoms with Crippen molar-refractivity contribution in [3.8, 4) is 0 Å². The van der Waals surface area contributed by atoms with Gasteiger partial charge in [0.25, 0.3) is 0 Å². The number of ketones is 1. The fraction of sp³-hybridized carbons (Fsp3) is 0.0952. The molecule has 1 nitrogen and oxygen atoms in total. The van der Waals surface area contributed by atoms with Crippen LogP contribution in [0.3, 0.4) is 0 Å². The van der Waals surface area contributed by atoms with Crippen LogP contribution < -0.4 is 39.9 Å². The van der Waals surface area contributed by atoms with Crippen LogP contribution in [0.2, 0.25) is 0 Å². The molecule has 3 rings (SSSR count). The summed E-state index contributed by atoms with van der Waals surface area (Å²) in [5.41, 5.74) is 0.765. The maximum Gasteiger partial charge on any atom is 0.159 e. The molecule has 3 aromatic rings. The van der Waals surface area contributed by atoms with Crippen LogP contribution in [-0.4, -0.2) is 12.4 Å². The van der Waals surface area contributed by atoms with E-state index < -0.39 is 7.26 Å². The molecule has 0 unspecified atom stereocenters. The molecule has 0 aliphatic rings. The predicted molar refractivity (Wildman–Crippen MR) is 101 cm³/mol. The van der Waals surface area contributed by atoms with Crippen LogP contribution in [0, 0.1) is 0 Å². The van der Waals surface area contributed by atoms with Crippen molar-refractivity contribution in [1.29, 1.82) is 0 Å². The number of halogens is 1. The van der Waals surface area contributed by atoms with Crippen LogP contribution in [0.15, 0.2) is 84.9 Å². The molecule has 3 aromatic carbocycles. The monoisotopic (exact) mass is 446 g/mol. The largest absolute Gasteiger partial charge is 1.00 e. The van der Waals surface area contributed by atoms with Gasteiger partial charge in [-0.1, -0.05) is 36.4 Å². The van der Waals surface area contributed by atoms with Crippen molar-refractivity contribution in [1.82, 2.24) is 0 Å². The molecule has 122 valence electrons. The van der Waals surface area contributed by atoms with Gasteiger partial charge in [0.1, 0.15) is 23.2 Å². The minimum Gasteiger partial charge on any atom is -1.00 e. The summed E-state index contributed by atoms with van der Waals surface area (Å²) in [5.74, 6) is 0.107. The first-order valence-electron chi connectivity index (χ1n) is 7.71. The summed E-state index contributed by atoms with van der Waals surface area (Å²) in [5, 5.41) is 3.99. The normalized spacial score (nSPS) is 10.8. The number of hydrogen-bond acceptors (Lipinski definition) is 1. The molecule has 3 heteroatoms. The standard InChI is InChI=1S/C21H20OP.HI/c1-17(22)18-13-15-21(16-14-18)23(2,19-9-5-3-6-10-19)20-11-7-4-8-12-20;/h3-16H,1-2H3;1H/q+1;/p-1. The van der Waals surface area contributed by atoms with Gasteiger partial charge in [-0.2, -0.15) is 0 Å². The summed E-state index contributed by atoms with van der Waals surface area (Å²) in [6.07, 6.45) is 0. The molecule has 0 spiro atoms. The third-order valence-electron chi connectivity index (χ3n) is 4.34. The third kappa shape index (κ3) is 3.60. The molecule has 0 atom stereocenters. The van der Waals surface area contributed by atoms with Gasteiger partial charge in [0, 0.05) is 5.56 Å². The SMILES string of the molecule is CC(=O)c1ccc([P+](C)(c2ccccc2)c2ccccc2)cc1.[I-]. The zero-order valence-corrected chi connectivity index (χ0v) is 16.9. The van der Waals surface area contributed by atoms with Gasteiger partial charge >= 0.3 is 0 Å². The molecule has 0 bridgehead atoms. The van der Waals surface area contributed by atoms with Crippen LogP contribution in [0.5, 0.6) is 0 Å². The van der Waals surface area contributed by atoms with E-state index in [0.717, 1.165) is 5.56 Å². The van der Waals surface area contributed by atoms with Crippen molar-refractivity contribution in [3.63, 3.8) is 0 Å². The Bertz CT molecular complexity index is 759. The molecule has 0 fully saturated rings. The quantitative estimate of drug-likeness (QED) is 0.330. The van der Waals surface area contributed by atoms with Gasteiger partial charge in [0.05, 0.1) is 6.66 Å². The fourth-order valence-corrected chi connectivity index (χ4v) is 6.07. The Morgan fingerprint density at radius 2 is 1.04 bits per heavy atom. The molecule has 0 aliphatic carbocycles. The molecule has 0 saturated carbocycles. The molecule has 0 saturated heterocycles. The highest BCUT2D eigenvalue weighted by Crippen LogP contribution is 2.51. The Morgan fingerprint density at radius 3 is 1.42 bits per heavy atom. The third-order valence-corrected chi connectivity index (χ3v) is 8.33. The molecular weight excluding hydrogens is 426 g/mol. The van der Waals surface area contributed by atoms with E-state index in [1.54, 1.807) is 6.92 Å². The summed E-state index contributed by atoms with van der Waals surface area (Å²) in [7, 11) is -1.69. The van der Waals surface area contributed by atoms with E-state index in [4.69, 9.17) is 0 Å². The highest BCUT2D eigenvalue weighted by molar-refractivity contribution is 7.95. The molecule has 0 aromatic heterocycles. The number of hydrogen-bond donors (Lipinski definition) is 0. The number of rotatable bonds is 4. The first-order valence-corrected chi connectivity index (χ1v) is 9.95. The fourth-order valence-electron chi connectivity index (χ4n) is 2.89. The smallest absolute Gasteiger partial charge is 0.159 e. The molecule has 24 heavy (non-hydrogen) atoms. The van der Waals surface area contributed by atoms with Gasteiger partial charge in [0.15, 0.2) is 5.78 Å². The molecule has 0 amide bonds. The predicted octanol–water partition coefficient (Wildman–Crippen LogP) is 0.817. The number of benzene rings is 3. The summed E-state index contributed by atoms with van der Waals surface area (Å²) >= 11 is 0. The first-order chi connectivity index (χ1) is 11.1. The molecule has 0 radical (unpaired) electrons. The highest BCUT2D eigenvalue weighted by Gasteiger charge is 2.39. The maximum absolute atomic E-state index is 11.6. The summed E-state index contributed by atoms with van der Waals surface area (Å²) in [6, 6.07) is 29.5. The van der Waals surface area contributed by atoms with E-state index in [-0.39, 0.29) is 29.8 Å². The average Bonchev–Trinajstić information content (AvgIpc) is 2.62. The van der Waals surface area contributed by atoms with Gasteiger partial charge in [-0.25, -0.2) is 0 Å². The second-order valence-electron chi connectivity index (χ2n) is 5.78. The van der Waals surface area contributed by atoms with Crippen molar-refractivity contribution < 1.29 is 28.8 Å². The zero-order valence-electron chi connectivity index (χ0n) is 13.8. The minimum absolute atomic E-state index is 0. The van der Waals surface area contributed by atoms with E-state index in [9.17, 15) is 4.79 Å². The minimum atomic E-state index is -1.69. The summed E-state index contributed by atoms with van der Waals surface area (Å²) in [6.45, 7) is 3.96. The van der Waals surface area contributed by atoms with Crippen LogP contribution in [0.4, 0.5) is 0 Å².